The summed E-state index contributed by atoms with van der Waals surface area (Å²) in [6.45, 7) is 11.5. The first-order valence-corrected chi connectivity index (χ1v) is 14.0. The van der Waals surface area contributed by atoms with Gasteiger partial charge in [0.1, 0.15) is 18.9 Å². The molecule has 2 heterocycles. The summed E-state index contributed by atoms with van der Waals surface area (Å²) in [5.74, 6) is -0.592. The molecule has 182 valence electrons. The van der Waals surface area contributed by atoms with E-state index in [1.807, 2.05) is 0 Å². The van der Waals surface area contributed by atoms with Gasteiger partial charge in [0.25, 0.3) is 5.56 Å². The Labute approximate surface area is 199 Å². The molecule has 9 nitrogen and oxygen atoms in total. The van der Waals surface area contributed by atoms with Crippen molar-refractivity contribution in [2.45, 2.75) is 70.2 Å². The molecule has 1 aromatic heterocycles. The molecule has 1 aromatic carbocycles. The molecule has 0 radical (unpaired) electrons. The van der Waals surface area contributed by atoms with Gasteiger partial charge < -0.3 is 13.9 Å². The average molecular weight is 486 g/mol. The lowest BCUT2D eigenvalue weighted by molar-refractivity contribution is -0.0942. The van der Waals surface area contributed by atoms with E-state index in [2.05, 4.69) is 44.9 Å². The number of aromatic nitrogens is 2. The summed E-state index contributed by atoms with van der Waals surface area (Å²) in [6, 6.07) is 10.6. The third-order valence-corrected chi connectivity index (χ3v) is 11.1. The molecule has 1 N–H and O–H groups in total. The Morgan fingerprint density at radius 2 is 1.94 bits per heavy atom. The van der Waals surface area contributed by atoms with Crippen LogP contribution in [0.3, 0.4) is 0 Å². The van der Waals surface area contributed by atoms with Crippen LogP contribution in [0.1, 0.15) is 49.3 Å². The minimum Gasteiger partial charge on any atom is -0.458 e. The van der Waals surface area contributed by atoms with Crippen LogP contribution in [0.5, 0.6) is 0 Å². The number of benzene rings is 1. The highest BCUT2D eigenvalue weighted by Gasteiger charge is 2.55. The maximum atomic E-state index is 12.6. The first-order valence-electron chi connectivity index (χ1n) is 11.1. The predicted octanol–water partition coefficient (Wildman–Crippen LogP) is 3.27. The van der Waals surface area contributed by atoms with Gasteiger partial charge in [0.2, 0.25) is 5.60 Å². The molecule has 0 amide bonds. The van der Waals surface area contributed by atoms with Gasteiger partial charge in [-0.25, -0.2) is 9.59 Å². The van der Waals surface area contributed by atoms with Gasteiger partial charge in [-0.05, 0) is 37.2 Å². The fourth-order valence-corrected chi connectivity index (χ4v) is 4.83. The number of rotatable bonds is 6. The summed E-state index contributed by atoms with van der Waals surface area (Å²) in [4.78, 5) is 39.2. The van der Waals surface area contributed by atoms with Gasteiger partial charge in [-0.3, -0.25) is 14.3 Å². The molecule has 34 heavy (non-hydrogen) atoms. The molecule has 3 rings (SSSR count). The number of nitriles is 1. The van der Waals surface area contributed by atoms with E-state index in [-0.39, 0.29) is 18.1 Å². The third-order valence-electron chi connectivity index (χ3n) is 6.60. The standard InChI is InChI=1S/C24H31N3O6Si/c1-16-13-27(22(30)26-20(16)28)19-12-18(33-34(5,6)23(2,3)4)24(14-25,32-19)15-31-21(29)17-10-8-7-9-11-17/h7-11,13,18-19H,12,15H2,1-6H3,(H,26,28,30)/t18-,19+,24+/m0/s1. The number of aryl methyl sites for hydroxylation is 1. The summed E-state index contributed by atoms with van der Waals surface area (Å²) in [6.07, 6.45) is -0.0634. The van der Waals surface area contributed by atoms with Crippen LogP contribution in [0.15, 0.2) is 46.1 Å². The lowest BCUT2D eigenvalue weighted by Crippen LogP contribution is -2.52. The van der Waals surface area contributed by atoms with Crippen molar-refractivity contribution in [3.63, 3.8) is 0 Å². The van der Waals surface area contributed by atoms with Gasteiger partial charge >= 0.3 is 11.7 Å². The molecule has 0 spiro atoms. The fraction of sp³-hybridized carbons (Fsp3) is 0.500. The number of carbonyl (C=O) groups is 1. The number of ether oxygens (including phenoxy) is 2. The second-order valence-electron chi connectivity index (χ2n) is 10.1. The number of aromatic amines is 1. The van der Waals surface area contributed by atoms with Crippen molar-refractivity contribution in [1.29, 1.82) is 5.26 Å². The average Bonchev–Trinajstić information content (AvgIpc) is 3.12. The van der Waals surface area contributed by atoms with Crippen LogP contribution in [-0.4, -0.2) is 42.1 Å². The number of esters is 1. The van der Waals surface area contributed by atoms with Gasteiger partial charge in [-0.1, -0.05) is 39.0 Å². The van der Waals surface area contributed by atoms with Crippen LogP contribution in [0, 0.1) is 18.3 Å². The molecule has 1 fully saturated rings. The summed E-state index contributed by atoms with van der Waals surface area (Å²) in [5.41, 5.74) is -2.10. The number of hydrogen-bond donors (Lipinski definition) is 1. The van der Waals surface area contributed by atoms with E-state index >= 15 is 0 Å². The van der Waals surface area contributed by atoms with E-state index in [1.54, 1.807) is 37.3 Å². The highest BCUT2D eigenvalue weighted by Crippen LogP contribution is 2.44. The maximum absolute atomic E-state index is 12.6. The Hall–Kier alpha value is -3.00. The summed E-state index contributed by atoms with van der Waals surface area (Å²) < 4.78 is 19.4. The summed E-state index contributed by atoms with van der Waals surface area (Å²) in [5, 5.41) is 10.1. The van der Waals surface area contributed by atoms with Crippen LogP contribution >= 0.6 is 0 Å². The van der Waals surface area contributed by atoms with Crippen molar-refractivity contribution in [2.75, 3.05) is 6.61 Å². The number of nitrogens with one attached hydrogen (secondary N) is 1. The zero-order chi connectivity index (χ0) is 25.3. The molecule has 1 aliphatic rings. The number of nitrogens with zero attached hydrogens (tertiary/aromatic N) is 2. The minimum atomic E-state index is -2.38. The third kappa shape index (κ3) is 5.06. The van der Waals surface area contributed by atoms with Crippen molar-refractivity contribution < 1.29 is 18.7 Å². The van der Waals surface area contributed by atoms with Crippen molar-refractivity contribution in [2.24, 2.45) is 0 Å². The molecule has 2 aromatic rings. The quantitative estimate of drug-likeness (QED) is 0.492. The monoisotopic (exact) mass is 485 g/mol. The lowest BCUT2D eigenvalue weighted by Gasteiger charge is -2.40. The second-order valence-corrected chi connectivity index (χ2v) is 14.9. The van der Waals surface area contributed by atoms with Crippen LogP contribution < -0.4 is 11.2 Å². The van der Waals surface area contributed by atoms with Gasteiger partial charge in [0, 0.05) is 18.2 Å². The second kappa shape index (κ2) is 9.33. The van der Waals surface area contributed by atoms with E-state index in [4.69, 9.17) is 13.9 Å². The molecule has 10 heteroatoms. The predicted molar refractivity (Wildman–Crippen MR) is 128 cm³/mol. The van der Waals surface area contributed by atoms with Crippen molar-refractivity contribution in [1.82, 2.24) is 9.55 Å². The van der Waals surface area contributed by atoms with Crippen molar-refractivity contribution in [3.8, 4) is 6.07 Å². The molecule has 0 bridgehead atoms. The van der Waals surface area contributed by atoms with Crippen molar-refractivity contribution in [3.05, 3.63) is 68.5 Å². The Morgan fingerprint density at radius 1 is 1.29 bits per heavy atom. The van der Waals surface area contributed by atoms with Crippen LogP contribution in [0.25, 0.3) is 0 Å². The Kier molecular flexibility index (Phi) is 7.03. The number of hydrogen-bond acceptors (Lipinski definition) is 7. The summed E-state index contributed by atoms with van der Waals surface area (Å²) >= 11 is 0. The largest absolute Gasteiger partial charge is 0.458 e. The van der Waals surface area contributed by atoms with Crippen molar-refractivity contribution >= 4 is 14.3 Å². The van der Waals surface area contributed by atoms with Gasteiger partial charge in [-0.15, -0.1) is 0 Å². The molecular weight excluding hydrogens is 454 g/mol. The fourth-order valence-electron chi connectivity index (χ4n) is 3.47. The SMILES string of the molecule is Cc1cn([C@H]2C[C@H](O[Si](C)(C)C(C)(C)C)[C@@](C#N)(COC(=O)c3ccccc3)O2)c(=O)[nH]c1=O. The van der Waals surface area contributed by atoms with E-state index in [1.165, 1.54) is 10.8 Å². The Bertz CT molecular complexity index is 1210. The van der Waals surface area contributed by atoms with E-state index in [0.29, 0.717) is 11.1 Å². The minimum absolute atomic E-state index is 0.154. The van der Waals surface area contributed by atoms with Crippen LogP contribution in [0.4, 0.5) is 0 Å². The van der Waals surface area contributed by atoms with E-state index in [0.717, 1.165) is 0 Å². The molecule has 0 unspecified atom stereocenters. The molecule has 3 atom stereocenters. The first-order chi connectivity index (χ1) is 15.8. The lowest BCUT2D eigenvalue weighted by atomic mass is 9.99. The Balaban J connectivity index is 1.96. The smallest absolute Gasteiger partial charge is 0.338 e. The van der Waals surface area contributed by atoms with Crippen LogP contribution in [-0.2, 0) is 13.9 Å². The van der Waals surface area contributed by atoms with E-state index in [9.17, 15) is 19.6 Å². The molecule has 1 aliphatic heterocycles. The molecule has 0 saturated carbocycles. The first kappa shape index (κ1) is 25.6. The van der Waals surface area contributed by atoms with Gasteiger partial charge in [0.05, 0.1) is 11.7 Å². The molecular formula is C24H31N3O6Si. The summed E-state index contributed by atoms with van der Waals surface area (Å²) in [7, 11) is -2.38. The zero-order valence-corrected chi connectivity index (χ0v) is 21.4. The normalized spacial score (nSPS) is 22.9. The Morgan fingerprint density at radius 3 is 2.53 bits per heavy atom. The molecule has 1 saturated heterocycles. The van der Waals surface area contributed by atoms with Gasteiger partial charge in [0.15, 0.2) is 8.32 Å². The van der Waals surface area contributed by atoms with E-state index < -0.39 is 43.5 Å². The number of H-pyrrole nitrogens is 1. The topological polar surface area (TPSA) is 123 Å². The number of carbonyl (C=O) groups excluding carboxylic acids is 1. The maximum Gasteiger partial charge on any atom is 0.338 e. The van der Waals surface area contributed by atoms with Crippen LogP contribution in [0.2, 0.25) is 18.1 Å². The van der Waals surface area contributed by atoms with Gasteiger partial charge in [-0.2, -0.15) is 5.26 Å². The highest BCUT2D eigenvalue weighted by atomic mass is 28.4. The molecule has 0 aliphatic carbocycles. The zero-order valence-electron chi connectivity index (χ0n) is 20.4. The highest BCUT2D eigenvalue weighted by molar-refractivity contribution is 6.74.